The highest BCUT2D eigenvalue weighted by molar-refractivity contribution is 8.01. The molecule has 316 valence electrons. The quantitative estimate of drug-likeness (QED) is 0.0648. The zero-order valence-corrected chi connectivity index (χ0v) is 36.8. The Bertz CT molecular complexity index is 2220. The number of carbonyl (C=O) groups excluding carboxylic acids is 3. The monoisotopic (exact) mass is 857 g/mol. The van der Waals surface area contributed by atoms with Crippen LogP contribution in [0.1, 0.15) is 71.8 Å². The lowest BCUT2D eigenvalue weighted by Gasteiger charge is -2.39. The van der Waals surface area contributed by atoms with Crippen LogP contribution in [0.2, 0.25) is 0 Å². The lowest BCUT2D eigenvalue weighted by molar-refractivity contribution is -0.142. The van der Waals surface area contributed by atoms with E-state index in [0.717, 1.165) is 23.1 Å². The first-order valence-electron chi connectivity index (χ1n) is 20.3. The summed E-state index contributed by atoms with van der Waals surface area (Å²) in [5.74, 6) is 5.43. The van der Waals surface area contributed by atoms with Gasteiger partial charge in [-0.2, -0.15) is 11.8 Å². The Morgan fingerprint density at radius 2 is 1.43 bits per heavy atom. The number of methoxy groups -OCH3 is 1. The summed E-state index contributed by atoms with van der Waals surface area (Å²) in [7, 11) is 1.29. The van der Waals surface area contributed by atoms with E-state index < -0.39 is 28.3 Å². The molecular weight excluding hydrogens is 806 g/mol. The van der Waals surface area contributed by atoms with Crippen LogP contribution >= 0.6 is 23.5 Å². The van der Waals surface area contributed by atoms with Gasteiger partial charge in [-0.05, 0) is 105 Å². The van der Waals surface area contributed by atoms with Gasteiger partial charge in [0, 0.05) is 35.2 Å². The lowest BCUT2D eigenvalue weighted by atomic mass is 9.84. The fourth-order valence-electron chi connectivity index (χ4n) is 7.42. The highest BCUT2D eigenvalue weighted by Gasteiger charge is 2.46. The van der Waals surface area contributed by atoms with Crippen molar-refractivity contribution >= 4 is 47.2 Å². The topological polar surface area (TPSA) is 97.0 Å². The maximum Gasteiger partial charge on any atom is 0.410 e. The molecule has 1 fully saturated rings. The Kier molecular flexibility index (Phi) is 15.2. The van der Waals surface area contributed by atoms with E-state index in [1.54, 1.807) is 42.1 Å². The predicted molar refractivity (Wildman–Crippen MR) is 246 cm³/mol. The van der Waals surface area contributed by atoms with Gasteiger partial charge in [-0.25, -0.2) is 14.0 Å². The largest absolute Gasteiger partial charge is 0.467 e. The molecule has 1 saturated heterocycles. The van der Waals surface area contributed by atoms with E-state index in [1.165, 1.54) is 19.2 Å². The van der Waals surface area contributed by atoms with Gasteiger partial charge in [-0.3, -0.25) is 4.79 Å². The third-order valence-corrected chi connectivity index (χ3v) is 12.9. The normalized spacial score (nSPS) is 15.5. The molecule has 1 aliphatic rings. The average molecular weight is 858 g/mol. The summed E-state index contributed by atoms with van der Waals surface area (Å²) < 4.78 is 24.1. The molecule has 5 aromatic rings. The number of nitrogens with zero attached hydrogens (tertiary/aromatic N) is 1. The molecule has 0 saturated carbocycles. The first-order valence-corrected chi connectivity index (χ1v) is 22.6. The van der Waals surface area contributed by atoms with Gasteiger partial charge < -0.3 is 25.0 Å². The maximum absolute atomic E-state index is 14.0. The van der Waals surface area contributed by atoms with Crippen molar-refractivity contribution in [1.29, 1.82) is 0 Å². The number of hydrogen-bond acceptors (Lipinski definition) is 8. The molecule has 6 rings (SSSR count). The van der Waals surface area contributed by atoms with Crippen LogP contribution in [0, 0.1) is 17.7 Å². The van der Waals surface area contributed by atoms with Crippen LogP contribution < -0.4 is 10.6 Å². The highest BCUT2D eigenvalue weighted by atomic mass is 32.2. The first kappa shape index (κ1) is 44.8. The lowest BCUT2D eigenvalue weighted by Crippen LogP contribution is -2.46. The molecule has 61 heavy (non-hydrogen) atoms. The summed E-state index contributed by atoms with van der Waals surface area (Å²) >= 11 is 3.40. The minimum absolute atomic E-state index is 0.0556. The van der Waals surface area contributed by atoms with Crippen molar-refractivity contribution < 1.29 is 28.2 Å². The molecular formula is C50H52FN3O5S2. The van der Waals surface area contributed by atoms with Crippen molar-refractivity contribution in [2.45, 2.75) is 61.3 Å². The fraction of sp³-hybridized carbons (Fsp3) is 0.300. The van der Waals surface area contributed by atoms with Crippen molar-refractivity contribution in [3.63, 3.8) is 0 Å². The Hall–Kier alpha value is -5.70. The highest BCUT2D eigenvalue weighted by Crippen LogP contribution is 2.52. The van der Waals surface area contributed by atoms with E-state index in [2.05, 4.69) is 95.3 Å². The van der Waals surface area contributed by atoms with Crippen LogP contribution in [0.15, 0.2) is 133 Å². The number of rotatable bonds is 14. The van der Waals surface area contributed by atoms with Gasteiger partial charge in [-0.1, -0.05) is 103 Å². The number of likely N-dealkylation sites (tertiary alicyclic amines) is 1. The second kappa shape index (κ2) is 20.7. The number of halogens is 1. The number of ether oxygens (including phenoxy) is 2. The molecule has 2 unspecified atom stereocenters. The molecule has 5 aromatic carbocycles. The fourth-order valence-corrected chi connectivity index (χ4v) is 9.78. The van der Waals surface area contributed by atoms with Gasteiger partial charge in [0.05, 0.1) is 23.5 Å². The summed E-state index contributed by atoms with van der Waals surface area (Å²) in [5.41, 5.74) is 4.59. The van der Waals surface area contributed by atoms with Gasteiger partial charge >= 0.3 is 12.1 Å². The molecule has 0 radical (unpaired) electrons. The van der Waals surface area contributed by atoms with Gasteiger partial charge in [-0.15, -0.1) is 11.8 Å². The average Bonchev–Trinajstić information content (AvgIpc) is 3.68. The Labute approximate surface area is 367 Å². The summed E-state index contributed by atoms with van der Waals surface area (Å²) in [6.45, 7) is 6.47. The first-order chi connectivity index (χ1) is 29.4. The number of thioether (sulfide) groups is 2. The standard InChI is InChI=1S/C50H52FN3O5S2/c1-49(2,3)59-48(57)54-31-29-45(61-50(37-15-9-6-10-16-37,38-17-11-7-12-18-38)39-19-13-8-14-20-39)44(54)34-52-41-27-28-42(46(55)53-43(30-32-60-5)47(56)58-4)36(33-41)24-21-35-22-25-40(51)26-23-35/h6-20,22-23,25-28,33,43-45,52H,29-32,34H2,1-5H3,(H,53,55)/t43-,44?,45?/m0/s1. The van der Waals surface area contributed by atoms with Gasteiger partial charge in [0.1, 0.15) is 17.5 Å². The van der Waals surface area contributed by atoms with Crippen molar-refractivity contribution in [3.05, 3.63) is 173 Å². The van der Waals surface area contributed by atoms with Crippen LogP contribution in [-0.2, 0) is 19.0 Å². The molecule has 2 amide bonds. The molecule has 0 bridgehead atoms. The van der Waals surface area contributed by atoms with Crippen molar-refractivity contribution in [3.8, 4) is 11.8 Å². The predicted octanol–water partition coefficient (Wildman–Crippen LogP) is 9.77. The second-order valence-electron chi connectivity index (χ2n) is 15.7. The summed E-state index contributed by atoms with van der Waals surface area (Å²) in [6.07, 6.45) is 2.66. The molecule has 8 nitrogen and oxygen atoms in total. The van der Waals surface area contributed by atoms with Crippen LogP contribution in [0.25, 0.3) is 0 Å². The number of anilines is 1. The minimum atomic E-state index is -0.842. The van der Waals surface area contributed by atoms with Crippen molar-refractivity contribution in [2.24, 2.45) is 0 Å². The molecule has 0 aliphatic carbocycles. The van der Waals surface area contributed by atoms with Crippen LogP contribution in [0.4, 0.5) is 14.9 Å². The van der Waals surface area contributed by atoms with Crippen molar-refractivity contribution in [1.82, 2.24) is 10.2 Å². The summed E-state index contributed by atoms with van der Waals surface area (Å²) in [6, 6.07) is 41.4. The third-order valence-electron chi connectivity index (χ3n) is 10.3. The van der Waals surface area contributed by atoms with E-state index in [0.29, 0.717) is 42.1 Å². The van der Waals surface area contributed by atoms with Crippen LogP contribution in [0.3, 0.4) is 0 Å². The SMILES string of the molecule is COC(=O)[C@H](CCSC)NC(=O)c1ccc(NCC2C(SC(c3ccccc3)(c3ccccc3)c3ccccc3)CCN2C(=O)OC(C)(C)C)cc1C#Cc1ccc(F)cc1. The number of hydrogen-bond donors (Lipinski definition) is 2. The summed E-state index contributed by atoms with van der Waals surface area (Å²) in [5, 5.41) is 6.37. The zero-order valence-electron chi connectivity index (χ0n) is 35.2. The van der Waals surface area contributed by atoms with E-state index >= 15 is 0 Å². The summed E-state index contributed by atoms with van der Waals surface area (Å²) in [4.78, 5) is 42.3. The van der Waals surface area contributed by atoms with Gasteiger partial charge in [0.15, 0.2) is 0 Å². The smallest absolute Gasteiger partial charge is 0.410 e. The molecule has 0 aromatic heterocycles. The van der Waals surface area contributed by atoms with E-state index in [-0.39, 0.29) is 28.8 Å². The van der Waals surface area contributed by atoms with E-state index in [4.69, 9.17) is 9.47 Å². The van der Waals surface area contributed by atoms with Gasteiger partial charge in [0.25, 0.3) is 5.91 Å². The van der Waals surface area contributed by atoms with Crippen LogP contribution in [0.5, 0.6) is 0 Å². The number of benzene rings is 5. The number of esters is 1. The number of nitrogens with one attached hydrogen (secondary N) is 2. The maximum atomic E-state index is 14.0. The molecule has 1 heterocycles. The van der Waals surface area contributed by atoms with Gasteiger partial charge in [0.2, 0.25) is 0 Å². The minimum Gasteiger partial charge on any atom is -0.467 e. The van der Waals surface area contributed by atoms with Crippen LogP contribution in [-0.4, -0.2) is 78.0 Å². The number of amides is 2. The van der Waals surface area contributed by atoms with Crippen molar-refractivity contribution in [2.75, 3.05) is 37.5 Å². The molecule has 0 spiro atoms. The Morgan fingerprint density at radius 1 is 0.836 bits per heavy atom. The zero-order chi connectivity index (χ0) is 43.4. The Morgan fingerprint density at radius 3 is 1.97 bits per heavy atom. The molecule has 1 aliphatic heterocycles. The molecule has 11 heteroatoms. The second-order valence-corrected chi connectivity index (χ2v) is 18.1. The number of carbonyl (C=O) groups is 3. The molecule has 3 atom stereocenters. The third kappa shape index (κ3) is 11.4. The van der Waals surface area contributed by atoms with E-state index in [1.807, 2.05) is 61.9 Å². The van der Waals surface area contributed by atoms with E-state index in [9.17, 15) is 18.8 Å². The molecule has 2 N–H and O–H groups in total. The Balaban J connectivity index is 1.38.